The average molecular weight is 137 g/mol. The molecule has 1 radical (unpaired) electrons. The molecule has 0 aromatic heterocycles. The van der Waals surface area contributed by atoms with Crippen molar-refractivity contribution < 1.29 is 9.84 Å². The maximum atomic E-state index is 8.25. The number of hydrogen-bond donors (Lipinski definition) is 0. The summed E-state index contributed by atoms with van der Waals surface area (Å²) in [4.78, 5) is 0. The van der Waals surface area contributed by atoms with Gasteiger partial charge in [0, 0.05) is 0 Å². The summed E-state index contributed by atoms with van der Waals surface area (Å²) in [5.74, 6) is 1.00. The van der Waals surface area contributed by atoms with Crippen molar-refractivity contribution in [3.05, 3.63) is 29.8 Å². The molecule has 0 aliphatic carbocycles. The lowest BCUT2D eigenvalue weighted by atomic mass is 10.2. The highest BCUT2D eigenvalue weighted by Gasteiger charge is 2.03. The van der Waals surface area contributed by atoms with E-state index in [0.29, 0.717) is 0 Å². The Morgan fingerprint density at radius 1 is 1.40 bits per heavy atom. The Balaban J connectivity index is 0.000000231. The van der Waals surface area contributed by atoms with Crippen LogP contribution < -0.4 is 4.74 Å². The van der Waals surface area contributed by atoms with E-state index in [2.05, 4.69) is 12.1 Å². The Morgan fingerprint density at radius 2 is 2.20 bits per heavy atom. The van der Waals surface area contributed by atoms with Crippen LogP contribution in [0.1, 0.15) is 5.56 Å². The van der Waals surface area contributed by atoms with E-state index in [1.54, 1.807) is 0 Å². The van der Waals surface area contributed by atoms with Crippen molar-refractivity contribution in [1.29, 1.82) is 0 Å². The summed E-state index contributed by atoms with van der Waals surface area (Å²) < 4.78 is 5.18. The van der Waals surface area contributed by atoms with Gasteiger partial charge in [0.2, 0.25) is 0 Å². The molecule has 0 amide bonds. The lowest BCUT2D eigenvalue weighted by Gasteiger charge is -1.88. The fraction of sp³-hybridized carbons (Fsp3) is 0.250. The molecular formula is C8H9O2. The number of rotatable bonds is 0. The van der Waals surface area contributed by atoms with Gasteiger partial charge in [0.05, 0.1) is 7.11 Å². The van der Waals surface area contributed by atoms with Gasteiger partial charge in [-0.2, -0.15) is 0 Å². The molecular weight excluding hydrogens is 128 g/mol. The summed E-state index contributed by atoms with van der Waals surface area (Å²) in [6.45, 7) is 0.766. The molecule has 0 saturated carbocycles. The third kappa shape index (κ3) is 1.28. The molecule has 0 N–H and O–H groups in total. The molecule has 1 aliphatic rings. The lowest BCUT2D eigenvalue weighted by Crippen LogP contribution is -1.80. The molecule has 1 heterocycles. The van der Waals surface area contributed by atoms with E-state index >= 15 is 0 Å². The van der Waals surface area contributed by atoms with Gasteiger partial charge in [-0.15, -0.1) is 0 Å². The van der Waals surface area contributed by atoms with Gasteiger partial charge >= 0.3 is 0 Å². The van der Waals surface area contributed by atoms with E-state index in [0.717, 1.165) is 19.5 Å². The van der Waals surface area contributed by atoms with Crippen molar-refractivity contribution >= 4 is 0 Å². The Labute approximate surface area is 60.1 Å². The fourth-order valence-electron chi connectivity index (χ4n) is 0.892. The van der Waals surface area contributed by atoms with Gasteiger partial charge in [0.15, 0.2) is 0 Å². The molecule has 1 aromatic rings. The predicted octanol–water partition coefficient (Wildman–Crippen LogP) is 1.63. The maximum Gasteiger partial charge on any atom is 0.120 e. The second-order valence-electron chi connectivity index (χ2n) is 1.94. The van der Waals surface area contributed by atoms with Gasteiger partial charge in [-0.25, -0.2) is 5.11 Å². The lowest BCUT2D eigenvalue weighted by molar-refractivity contribution is 0.282. The van der Waals surface area contributed by atoms with Crippen LogP contribution in [0.25, 0.3) is 0 Å². The first-order valence-electron chi connectivity index (χ1n) is 3.08. The van der Waals surface area contributed by atoms with E-state index < -0.39 is 0 Å². The van der Waals surface area contributed by atoms with Crippen LogP contribution in [0, 0.1) is 0 Å². The molecule has 53 valence electrons. The molecule has 0 atom stereocenters. The van der Waals surface area contributed by atoms with Gasteiger partial charge in [-0.1, -0.05) is 12.1 Å². The highest BCUT2D eigenvalue weighted by Crippen LogP contribution is 2.20. The SMILES string of the molecule is C[O].c1cc2cc(c1)OC2. The van der Waals surface area contributed by atoms with Gasteiger partial charge in [0.25, 0.3) is 0 Å². The van der Waals surface area contributed by atoms with E-state index in [4.69, 9.17) is 9.84 Å². The predicted molar refractivity (Wildman–Crippen MR) is 37.4 cm³/mol. The Morgan fingerprint density at radius 3 is 2.80 bits per heavy atom. The zero-order chi connectivity index (χ0) is 7.40. The van der Waals surface area contributed by atoms with Crippen LogP contribution in [0.3, 0.4) is 0 Å². The van der Waals surface area contributed by atoms with Gasteiger partial charge in [-0.3, -0.25) is 0 Å². The zero-order valence-corrected chi connectivity index (χ0v) is 5.83. The average Bonchev–Trinajstić information content (AvgIpc) is 2.35. The van der Waals surface area contributed by atoms with Gasteiger partial charge in [0.1, 0.15) is 12.4 Å². The second-order valence-corrected chi connectivity index (χ2v) is 1.94. The third-order valence-corrected chi connectivity index (χ3v) is 1.30. The minimum Gasteiger partial charge on any atom is -0.489 e. The first-order chi connectivity index (χ1) is 4.95. The normalized spacial score (nSPS) is 11.4. The molecule has 0 fully saturated rings. The standard InChI is InChI=1S/C7H6O.CH3O/c1-2-6-4-7(3-1)8-5-6;1-2/h1-4H,5H2;1H3. The Hall–Kier alpha value is -1.02. The Bertz CT molecular complexity index is 189. The summed E-state index contributed by atoms with van der Waals surface area (Å²) in [6.07, 6.45) is 0. The molecule has 2 nitrogen and oxygen atoms in total. The van der Waals surface area contributed by atoms with Gasteiger partial charge < -0.3 is 4.74 Å². The Kier molecular flexibility index (Phi) is 2.29. The van der Waals surface area contributed by atoms with Crippen molar-refractivity contribution in [1.82, 2.24) is 0 Å². The van der Waals surface area contributed by atoms with Crippen molar-refractivity contribution in [3.8, 4) is 5.75 Å². The molecule has 10 heavy (non-hydrogen) atoms. The molecule has 2 bridgehead atoms. The van der Waals surface area contributed by atoms with Crippen LogP contribution >= 0.6 is 0 Å². The third-order valence-electron chi connectivity index (χ3n) is 1.30. The van der Waals surface area contributed by atoms with Crippen LogP contribution in [-0.4, -0.2) is 7.11 Å². The largest absolute Gasteiger partial charge is 0.489 e. The van der Waals surface area contributed by atoms with Crippen LogP contribution in [0.15, 0.2) is 24.3 Å². The minimum absolute atomic E-state index is 0.750. The van der Waals surface area contributed by atoms with Crippen LogP contribution in [0.5, 0.6) is 5.75 Å². The van der Waals surface area contributed by atoms with E-state index in [1.807, 2.05) is 12.1 Å². The van der Waals surface area contributed by atoms with Crippen LogP contribution in [0.4, 0.5) is 0 Å². The summed E-state index contributed by atoms with van der Waals surface area (Å²) in [6, 6.07) is 8.10. The molecule has 0 spiro atoms. The van der Waals surface area contributed by atoms with Crippen molar-refractivity contribution in [2.45, 2.75) is 6.61 Å². The topological polar surface area (TPSA) is 29.1 Å². The van der Waals surface area contributed by atoms with Crippen molar-refractivity contribution in [2.24, 2.45) is 0 Å². The zero-order valence-electron chi connectivity index (χ0n) is 5.83. The maximum absolute atomic E-state index is 8.25. The number of fused-ring (bicyclic) bond motifs is 2. The summed E-state index contributed by atoms with van der Waals surface area (Å²) in [5, 5.41) is 8.25. The molecule has 2 rings (SSSR count). The fourth-order valence-corrected chi connectivity index (χ4v) is 0.892. The van der Waals surface area contributed by atoms with E-state index in [1.165, 1.54) is 5.56 Å². The number of benzene rings is 1. The summed E-state index contributed by atoms with van der Waals surface area (Å²) in [5.41, 5.74) is 1.28. The van der Waals surface area contributed by atoms with E-state index in [-0.39, 0.29) is 0 Å². The highest BCUT2D eigenvalue weighted by molar-refractivity contribution is 5.32. The molecule has 1 aromatic carbocycles. The molecule has 1 aliphatic heterocycles. The smallest absolute Gasteiger partial charge is 0.120 e. The van der Waals surface area contributed by atoms with Gasteiger partial charge in [-0.05, 0) is 17.7 Å². The minimum atomic E-state index is 0.750. The number of hydrogen-bond acceptors (Lipinski definition) is 1. The first-order valence-corrected chi connectivity index (χ1v) is 3.08. The molecule has 0 saturated heterocycles. The van der Waals surface area contributed by atoms with Crippen LogP contribution in [0.2, 0.25) is 0 Å². The number of ether oxygens (including phenoxy) is 1. The van der Waals surface area contributed by atoms with E-state index in [9.17, 15) is 0 Å². The quantitative estimate of drug-likeness (QED) is 0.534. The van der Waals surface area contributed by atoms with Crippen molar-refractivity contribution in [3.63, 3.8) is 0 Å². The molecule has 0 unspecified atom stereocenters. The summed E-state index contributed by atoms with van der Waals surface area (Å²) >= 11 is 0. The monoisotopic (exact) mass is 137 g/mol. The van der Waals surface area contributed by atoms with Crippen LogP contribution in [-0.2, 0) is 11.7 Å². The summed E-state index contributed by atoms with van der Waals surface area (Å²) in [7, 11) is 0.750. The first kappa shape index (κ1) is 7.09. The molecule has 2 heteroatoms. The second kappa shape index (κ2) is 3.22. The van der Waals surface area contributed by atoms with Crippen molar-refractivity contribution in [2.75, 3.05) is 7.11 Å². The highest BCUT2D eigenvalue weighted by atomic mass is 16.5.